The van der Waals surface area contributed by atoms with Crippen LogP contribution in [0.3, 0.4) is 0 Å². The molecular weight excluding hydrogens is 1280 g/mol. The molecule has 34 heteroatoms. The van der Waals surface area contributed by atoms with Crippen LogP contribution >= 0.6 is 23.7 Å². The largest absolute Gasteiger partial charge is 1.00 e. The van der Waals surface area contributed by atoms with Gasteiger partial charge in [0.2, 0.25) is 41.4 Å². The number of carbonyl (C=O) groups is 8. The summed E-state index contributed by atoms with van der Waals surface area (Å²) in [5, 5.41) is 114. The smallest absolute Gasteiger partial charge is 0.691 e. The van der Waals surface area contributed by atoms with E-state index in [2.05, 4.69) is 46.2 Å². The molecule has 0 saturated carbocycles. The summed E-state index contributed by atoms with van der Waals surface area (Å²) in [7, 11) is 1.61. The molecule has 3 aliphatic heterocycles. The number of hydrogen-bond donors (Lipinski definition) is 13. The maximum absolute atomic E-state index is 14.7. The van der Waals surface area contributed by atoms with Gasteiger partial charge in [-0.2, -0.15) is 0 Å². The Morgan fingerprint density at radius 1 is 0.745 bits per heavy atom. The van der Waals surface area contributed by atoms with E-state index in [0.29, 0.717) is 35.4 Å². The van der Waals surface area contributed by atoms with Gasteiger partial charge in [0, 0.05) is 68.6 Å². The molecule has 0 bridgehead atoms. The molecular formula is C60H71N10NaO21S2. The molecule has 4 aromatic carbocycles. The third-order valence-corrected chi connectivity index (χ3v) is 17.1. The molecule has 13 atom stereocenters. The number of methoxy groups -OCH3 is 1. The number of aliphatic hydroxyl groups excluding tert-OH is 6. The van der Waals surface area contributed by atoms with Crippen molar-refractivity contribution in [1.82, 2.24) is 46.6 Å². The van der Waals surface area contributed by atoms with Crippen molar-refractivity contribution in [3.63, 3.8) is 0 Å². The number of fused-ring (bicyclic) bond motifs is 2. The molecule has 13 unspecified atom stereocenters. The van der Waals surface area contributed by atoms with Gasteiger partial charge in [0.25, 0.3) is 18.2 Å². The monoisotopic (exact) mass is 1350 g/mol. The standard InChI is InChI=1S/C60H72N10O21S2.Na/c1-29-26-70-50(51(29)78)56(83)62-25-38(72)22-40(63-52(79)35-11-15-37(16-12-35)58-68-67-57(92-58)36-13-9-34(10-14-36)33-7-4-31(5-8-33)28-88-19-18-87-3)53(80)64-47(30(2)71)59(84)69-27-39(73)23-41(69)54(81)65-48(55(82)66-49(60(70)85)44(76)24-46(61)77)43(75)20-32-6-17-42(74)45(21-32)89-93-91-90-86;/h4-17,21,29-30,38-41,43-44,47-51,71-76,78,86H,18-20,22-28H2,1-3H3,(H2,61,77)(H,62,83)(H,63,79)(H,64,80)(H,65,81)(H,66,82);/q;+1/p-1. The number of nitrogens with one attached hydrogen (secondary N) is 5. The van der Waals surface area contributed by atoms with Gasteiger partial charge in [-0.1, -0.05) is 85.0 Å². The first kappa shape index (κ1) is 74.1. The predicted molar refractivity (Wildman–Crippen MR) is 325 cm³/mol. The molecule has 8 rings (SSSR count). The topological polar surface area (TPSA) is 466 Å². The number of rotatable bonds is 21. The van der Waals surface area contributed by atoms with Crippen molar-refractivity contribution in [2.75, 3.05) is 40.0 Å². The number of aromatic nitrogens is 2. The fourth-order valence-corrected chi connectivity index (χ4v) is 11.9. The number of ether oxygens (including phenoxy) is 2. The summed E-state index contributed by atoms with van der Waals surface area (Å²) in [6.45, 7) is 2.28. The van der Waals surface area contributed by atoms with Crippen molar-refractivity contribution in [1.29, 1.82) is 0 Å². The molecule has 0 aliphatic carbocycles. The number of β-amino-alcohol motifs (C(OH)–C–C–N with tert-alkyl or cyclic N) is 1. The van der Waals surface area contributed by atoms with Gasteiger partial charge in [-0.3, -0.25) is 43.4 Å². The second kappa shape index (κ2) is 34.4. The molecule has 0 spiro atoms. The Balaban J connectivity index is 0.0000125. The Morgan fingerprint density at radius 2 is 1.34 bits per heavy atom. The minimum Gasteiger partial charge on any atom is -0.691 e. The van der Waals surface area contributed by atoms with Gasteiger partial charge in [0.15, 0.2) is 11.5 Å². The number of aliphatic hydroxyl groups is 6. The van der Waals surface area contributed by atoms with Crippen LogP contribution in [-0.2, 0) is 65.4 Å². The number of nitrogens with two attached hydrogens (primary N) is 1. The third-order valence-electron chi connectivity index (χ3n) is 15.7. The van der Waals surface area contributed by atoms with Crippen LogP contribution < -0.4 is 71.3 Å². The summed E-state index contributed by atoms with van der Waals surface area (Å²) < 4.78 is 19.8. The Bertz CT molecular complexity index is 3450. The molecule has 94 heavy (non-hydrogen) atoms. The summed E-state index contributed by atoms with van der Waals surface area (Å²) in [4.78, 5) is 115. The Labute approximate surface area is 568 Å². The number of hydrogen-bond acceptors (Lipinski definition) is 25. The van der Waals surface area contributed by atoms with Crippen LogP contribution in [0, 0.1) is 5.92 Å². The Hall–Kier alpha value is -7.29. The van der Waals surface area contributed by atoms with E-state index in [1.165, 1.54) is 36.5 Å². The van der Waals surface area contributed by atoms with Crippen molar-refractivity contribution in [2.24, 2.45) is 11.7 Å². The van der Waals surface area contributed by atoms with E-state index < -0.39 is 177 Å². The van der Waals surface area contributed by atoms with Gasteiger partial charge in [0.05, 0.1) is 62.9 Å². The maximum Gasteiger partial charge on any atom is 1.00 e. The van der Waals surface area contributed by atoms with Crippen molar-refractivity contribution < 1.29 is 132 Å². The average Bonchev–Trinajstić information content (AvgIpc) is 1.62. The second-order valence-corrected chi connectivity index (χ2v) is 24.0. The summed E-state index contributed by atoms with van der Waals surface area (Å²) in [5.41, 5.74) is 9.85. The van der Waals surface area contributed by atoms with Crippen LogP contribution in [0.15, 0.2) is 91.0 Å². The van der Waals surface area contributed by atoms with Crippen LogP contribution in [0.1, 0.15) is 54.6 Å². The van der Waals surface area contributed by atoms with Crippen LogP contribution in [0.5, 0.6) is 11.5 Å². The predicted octanol–water partition coefficient (Wildman–Crippen LogP) is -5.60. The van der Waals surface area contributed by atoms with Crippen LogP contribution in [0.4, 0.5) is 0 Å². The number of phenols is 1. The van der Waals surface area contributed by atoms with E-state index in [9.17, 15) is 79.4 Å². The van der Waals surface area contributed by atoms with E-state index >= 15 is 0 Å². The molecule has 14 N–H and O–H groups in total. The van der Waals surface area contributed by atoms with Gasteiger partial charge in [0.1, 0.15) is 46.3 Å². The number of aromatic hydroxyl groups is 1. The molecule has 500 valence electrons. The second-order valence-electron chi connectivity index (χ2n) is 22.6. The zero-order chi connectivity index (χ0) is 67.2. The fraction of sp³-hybridized carbons (Fsp3) is 0.433. The van der Waals surface area contributed by atoms with E-state index in [1.807, 2.05) is 48.5 Å². The number of carbonyl (C=O) groups excluding carboxylic acids is 8. The van der Waals surface area contributed by atoms with E-state index in [1.54, 1.807) is 19.2 Å². The molecule has 3 aliphatic rings. The first-order valence-electron chi connectivity index (χ1n) is 29.2. The molecule has 3 fully saturated rings. The van der Waals surface area contributed by atoms with Crippen molar-refractivity contribution in [2.45, 2.75) is 119 Å². The summed E-state index contributed by atoms with van der Waals surface area (Å²) in [6.07, 6.45) is -13.7. The minimum absolute atomic E-state index is 0. The number of amides is 8. The molecule has 3 saturated heterocycles. The molecule has 8 amide bonds. The molecule has 0 radical (unpaired) electrons. The number of benzene rings is 4. The number of primary amides is 1. The first-order chi connectivity index (χ1) is 44.4. The van der Waals surface area contributed by atoms with Crippen molar-refractivity contribution in [3.8, 4) is 43.8 Å². The van der Waals surface area contributed by atoms with Crippen molar-refractivity contribution >= 4 is 70.9 Å². The molecule has 4 heterocycles. The van der Waals surface area contributed by atoms with Gasteiger partial charge >= 0.3 is 29.6 Å². The summed E-state index contributed by atoms with van der Waals surface area (Å²) in [6, 6.07) is 13.5. The minimum atomic E-state index is -2.23. The van der Waals surface area contributed by atoms with Gasteiger partial charge < -0.3 is 96.8 Å². The third kappa shape index (κ3) is 19.0. The zero-order valence-electron chi connectivity index (χ0n) is 51.3. The summed E-state index contributed by atoms with van der Waals surface area (Å²) in [5.74, 6) is -11.2. The molecule has 31 nitrogen and oxygen atoms in total. The SMILES string of the molecule is COCCOCc1ccc(-c2ccc(-c3nnc(-c4ccc(C(=O)NC5CC(O)CNC(=O)C6C(O)C(C)CN6C(=O)C(C(O)CC(N)=O)NC(=O)C(C(O)Cc6ccc(O)c(OSOO[O-])c6)NC(=O)C6CC(O)CN6C(=O)C(C(C)O)NC5=O)cc4)s3)cc2)cc1.[Na+]. The first-order valence-corrected chi connectivity index (χ1v) is 30.7. The van der Waals surface area contributed by atoms with E-state index in [0.717, 1.165) is 51.1 Å². The Kier molecular flexibility index (Phi) is 27.1. The van der Waals surface area contributed by atoms with Crippen LogP contribution in [0.25, 0.3) is 32.3 Å². The van der Waals surface area contributed by atoms with Crippen LogP contribution in [0.2, 0.25) is 0 Å². The zero-order valence-corrected chi connectivity index (χ0v) is 54.9. The summed E-state index contributed by atoms with van der Waals surface area (Å²) >= 11 is 1.28. The fourth-order valence-electron chi connectivity index (χ4n) is 10.8. The normalized spacial score (nSPS) is 24.2. The average molecular weight is 1360 g/mol. The maximum atomic E-state index is 14.7. The van der Waals surface area contributed by atoms with Crippen LogP contribution in [-0.4, -0.2) is 216 Å². The van der Waals surface area contributed by atoms with Crippen molar-refractivity contribution in [3.05, 3.63) is 108 Å². The number of phenolic OH excluding ortho intramolecular Hbond substituents is 1. The van der Waals surface area contributed by atoms with Gasteiger partial charge in [-0.05, 0) is 53.4 Å². The molecule has 5 aromatic rings. The number of nitrogens with zero attached hydrogens (tertiary/aromatic N) is 4. The molecule has 1 aromatic heterocycles. The quantitative estimate of drug-likeness (QED) is 0.0107. The Morgan fingerprint density at radius 3 is 1.97 bits per heavy atom. The van der Waals surface area contributed by atoms with E-state index in [4.69, 9.17) is 19.4 Å². The van der Waals surface area contributed by atoms with E-state index in [-0.39, 0.29) is 58.8 Å². The van der Waals surface area contributed by atoms with Gasteiger partial charge in [-0.25, -0.2) is 0 Å². The van der Waals surface area contributed by atoms with Gasteiger partial charge in [-0.15, -0.1) is 14.5 Å².